The summed E-state index contributed by atoms with van der Waals surface area (Å²) in [5.74, 6) is 0.503. The normalized spacial score (nSPS) is 9.78. The largest absolute Gasteiger partial charge is 0.497 e. The standard InChI is InChI=1S/C17H18N2O4/c1-22-14-7-9-15(10-8-14)23-12-17(21)19-18-16(20)11-13-5-3-2-4-6-13/h2-10H,11-12H2,1H3,(H,18,20)(H,19,21). The van der Waals surface area contributed by atoms with Crippen molar-refractivity contribution in [2.75, 3.05) is 13.7 Å². The summed E-state index contributed by atoms with van der Waals surface area (Å²) in [5, 5.41) is 0. The summed E-state index contributed by atoms with van der Waals surface area (Å²) in [6.45, 7) is -0.196. The smallest absolute Gasteiger partial charge is 0.276 e. The van der Waals surface area contributed by atoms with Gasteiger partial charge in [-0.2, -0.15) is 0 Å². The number of hydrogen-bond donors (Lipinski definition) is 2. The summed E-state index contributed by atoms with van der Waals surface area (Å²) < 4.78 is 10.3. The van der Waals surface area contributed by atoms with Crippen molar-refractivity contribution in [3.05, 3.63) is 60.2 Å². The van der Waals surface area contributed by atoms with Crippen molar-refractivity contribution in [1.29, 1.82) is 0 Å². The van der Waals surface area contributed by atoms with Crippen LogP contribution in [0.1, 0.15) is 5.56 Å². The maximum absolute atomic E-state index is 11.7. The number of rotatable bonds is 6. The molecule has 0 aliphatic carbocycles. The molecule has 2 amide bonds. The average Bonchev–Trinajstić information content (AvgIpc) is 2.59. The van der Waals surface area contributed by atoms with Gasteiger partial charge in [-0.3, -0.25) is 20.4 Å². The van der Waals surface area contributed by atoms with Crippen LogP contribution in [0.2, 0.25) is 0 Å². The second kappa shape index (κ2) is 8.43. The molecule has 0 spiro atoms. The second-order valence-electron chi connectivity index (χ2n) is 4.72. The topological polar surface area (TPSA) is 76.7 Å². The van der Waals surface area contributed by atoms with Gasteiger partial charge in [0.25, 0.3) is 5.91 Å². The van der Waals surface area contributed by atoms with E-state index in [-0.39, 0.29) is 18.9 Å². The summed E-state index contributed by atoms with van der Waals surface area (Å²) >= 11 is 0. The third kappa shape index (κ3) is 5.70. The van der Waals surface area contributed by atoms with Crippen LogP contribution in [0, 0.1) is 0 Å². The van der Waals surface area contributed by atoms with E-state index in [4.69, 9.17) is 9.47 Å². The molecule has 6 heteroatoms. The van der Waals surface area contributed by atoms with Gasteiger partial charge < -0.3 is 9.47 Å². The highest BCUT2D eigenvalue weighted by molar-refractivity contribution is 5.83. The zero-order valence-electron chi connectivity index (χ0n) is 12.7. The summed E-state index contributed by atoms with van der Waals surface area (Å²) in [7, 11) is 1.57. The van der Waals surface area contributed by atoms with Crippen LogP contribution in [0.15, 0.2) is 54.6 Å². The zero-order chi connectivity index (χ0) is 16.5. The maximum Gasteiger partial charge on any atom is 0.276 e. The molecule has 0 aliphatic heterocycles. The first-order valence-corrected chi connectivity index (χ1v) is 7.06. The third-order valence-electron chi connectivity index (χ3n) is 2.98. The van der Waals surface area contributed by atoms with E-state index in [1.54, 1.807) is 31.4 Å². The first-order chi connectivity index (χ1) is 11.2. The van der Waals surface area contributed by atoms with E-state index in [1.807, 2.05) is 30.3 Å². The Morgan fingerprint density at radius 3 is 2.13 bits per heavy atom. The Hall–Kier alpha value is -3.02. The highest BCUT2D eigenvalue weighted by Gasteiger charge is 2.06. The van der Waals surface area contributed by atoms with E-state index in [2.05, 4.69) is 10.9 Å². The highest BCUT2D eigenvalue weighted by Crippen LogP contribution is 2.16. The lowest BCUT2D eigenvalue weighted by Gasteiger charge is -2.09. The first-order valence-electron chi connectivity index (χ1n) is 7.06. The fourth-order valence-corrected chi connectivity index (χ4v) is 1.82. The molecule has 0 fully saturated rings. The molecule has 0 saturated carbocycles. The molecule has 0 atom stereocenters. The molecular formula is C17H18N2O4. The number of ether oxygens (including phenoxy) is 2. The van der Waals surface area contributed by atoms with E-state index >= 15 is 0 Å². The molecule has 2 aromatic carbocycles. The highest BCUT2D eigenvalue weighted by atomic mass is 16.5. The summed E-state index contributed by atoms with van der Waals surface area (Å²) in [6.07, 6.45) is 0.195. The van der Waals surface area contributed by atoms with Crippen LogP contribution in [-0.2, 0) is 16.0 Å². The first kappa shape index (κ1) is 16.4. The van der Waals surface area contributed by atoms with Crippen LogP contribution in [0.4, 0.5) is 0 Å². The predicted octanol–water partition coefficient (Wildman–Crippen LogP) is 1.46. The van der Waals surface area contributed by atoms with Gasteiger partial charge >= 0.3 is 0 Å². The van der Waals surface area contributed by atoms with E-state index in [1.165, 1.54) is 0 Å². The Labute approximate surface area is 134 Å². The van der Waals surface area contributed by atoms with Gasteiger partial charge in [0.15, 0.2) is 6.61 Å². The van der Waals surface area contributed by atoms with Gasteiger partial charge in [-0.15, -0.1) is 0 Å². The number of hydrogen-bond acceptors (Lipinski definition) is 4. The number of amides is 2. The number of carbonyl (C=O) groups excluding carboxylic acids is 2. The van der Waals surface area contributed by atoms with Crippen LogP contribution in [-0.4, -0.2) is 25.5 Å². The quantitative estimate of drug-likeness (QED) is 0.792. The van der Waals surface area contributed by atoms with Crippen LogP contribution in [0.25, 0.3) is 0 Å². The molecule has 6 nitrogen and oxygen atoms in total. The molecule has 0 saturated heterocycles. The van der Waals surface area contributed by atoms with Crippen molar-refractivity contribution >= 4 is 11.8 Å². The van der Waals surface area contributed by atoms with Crippen molar-refractivity contribution in [1.82, 2.24) is 10.9 Å². The Morgan fingerprint density at radius 2 is 1.48 bits per heavy atom. The summed E-state index contributed by atoms with van der Waals surface area (Å²) in [6, 6.07) is 16.1. The van der Waals surface area contributed by atoms with Crippen LogP contribution in [0.3, 0.4) is 0 Å². The van der Waals surface area contributed by atoms with E-state index in [0.717, 1.165) is 5.56 Å². The van der Waals surface area contributed by atoms with Gasteiger partial charge in [-0.1, -0.05) is 30.3 Å². The van der Waals surface area contributed by atoms with Crippen molar-refractivity contribution in [3.8, 4) is 11.5 Å². The summed E-state index contributed by atoms with van der Waals surface area (Å²) in [4.78, 5) is 23.3. The minimum Gasteiger partial charge on any atom is -0.497 e. The fraction of sp³-hybridized carbons (Fsp3) is 0.176. The Bertz CT molecular complexity index is 641. The van der Waals surface area contributed by atoms with Gasteiger partial charge in [0, 0.05) is 0 Å². The number of carbonyl (C=O) groups is 2. The van der Waals surface area contributed by atoms with E-state index in [9.17, 15) is 9.59 Å². The third-order valence-corrected chi connectivity index (χ3v) is 2.98. The molecule has 23 heavy (non-hydrogen) atoms. The molecule has 2 N–H and O–H groups in total. The summed E-state index contributed by atoms with van der Waals surface area (Å²) in [5.41, 5.74) is 5.52. The molecule has 2 aromatic rings. The van der Waals surface area contributed by atoms with Crippen LogP contribution < -0.4 is 20.3 Å². The maximum atomic E-state index is 11.7. The second-order valence-corrected chi connectivity index (χ2v) is 4.72. The van der Waals surface area contributed by atoms with Gasteiger partial charge in [0.1, 0.15) is 11.5 Å². The minimum absolute atomic E-state index is 0.195. The predicted molar refractivity (Wildman–Crippen MR) is 84.9 cm³/mol. The lowest BCUT2D eigenvalue weighted by Crippen LogP contribution is -2.44. The Morgan fingerprint density at radius 1 is 0.870 bits per heavy atom. The number of nitrogens with one attached hydrogen (secondary N) is 2. The molecule has 0 heterocycles. The van der Waals surface area contributed by atoms with Gasteiger partial charge in [-0.25, -0.2) is 0 Å². The van der Waals surface area contributed by atoms with E-state index < -0.39 is 5.91 Å². The molecule has 0 aromatic heterocycles. The molecule has 0 bridgehead atoms. The van der Waals surface area contributed by atoms with Gasteiger partial charge in [0.2, 0.25) is 5.91 Å². The van der Waals surface area contributed by atoms with Gasteiger partial charge in [0.05, 0.1) is 13.5 Å². The number of methoxy groups -OCH3 is 1. The SMILES string of the molecule is COc1ccc(OCC(=O)NNC(=O)Cc2ccccc2)cc1. The van der Waals surface area contributed by atoms with Crippen molar-refractivity contribution in [3.63, 3.8) is 0 Å². The fourth-order valence-electron chi connectivity index (χ4n) is 1.82. The van der Waals surface area contributed by atoms with Gasteiger partial charge in [-0.05, 0) is 29.8 Å². The van der Waals surface area contributed by atoms with Crippen LogP contribution >= 0.6 is 0 Å². The van der Waals surface area contributed by atoms with Crippen molar-refractivity contribution < 1.29 is 19.1 Å². The van der Waals surface area contributed by atoms with E-state index in [0.29, 0.717) is 11.5 Å². The monoisotopic (exact) mass is 314 g/mol. The molecule has 2 rings (SSSR count). The van der Waals surface area contributed by atoms with Crippen LogP contribution in [0.5, 0.6) is 11.5 Å². The zero-order valence-corrected chi connectivity index (χ0v) is 12.7. The lowest BCUT2D eigenvalue weighted by molar-refractivity contribution is -0.129. The molecule has 0 radical (unpaired) electrons. The number of hydrazine groups is 1. The minimum atomic E-state index is -0.442. The molecular weight excluding hydrogens is 296 g/mol. The molecule has 0 aliphatic rings. The Kier molecular flexibility index (Phi) is 5.99. The average molecular weight is 314 g/mol. The van der Waals surface area contributed by atoms with Crippen molar-refractivity contribution in [2.24, 2.45) is 0 Å². The van der Waals surface area contributed by atoms with Crippen molar-refractivity contribution in [2.45, 2.75) is 6.42 Å². The lowest BCUT2D eigenvalue weighted by atomic mass is 10.1. The number of benzene rings is 2. The molecule has 0 unspecified atom stereocenters. The molecule has 120 valence electrons. The Balaban J connectivity index is 1.69.